The standard InChI is InChI=1S/C21H27BN4O5/c1-21(2,3)31-20(28)26-12-14-15(22(29)30)9-10-16(18(14)19(26)27)24-17-8-6-7-13(23-17)11-25(4)5/h6-10,29-30H,11-12H2,1-5H3,(H,23,24). The van der Waals surface area contributed by atoms with Crippen molar-refractivity contribution < 1.29 is 24.4 Å². The third kappa shape index (κ3) is 5.22. The summed E-state index contributed by atoms with van der Waals surface area (Å²) in [5.74, 6) is -0.0407. The summed E-state index contributed by atoms with van der Waals surface area (Å²) in [6.07, 6.45) is -0.788. The van der Waals surface area contributed by atoms with Crippen molar-refractivity contribution in [3.05, 3.63) is 47.2 Å². The van der Waals surface area contributed by atoms with Gasteiger partial charge in [0.15, 0.2) is 0 Å². The first-order chi connectivity index (χ1) is 14.5. The van der Waals surface area contributed by atoms with Gasteiger partial charge in [-0.1, -0.05) is 12.1 Å². The summed E-state index contributed by atoms with van der Waals surface area (Å²) in [7, 11) is 2.10. The highest BCUT2D eigenvalue weighted by Crippen LogP contribution is 2.31. The highest BCUT2D eigenvalue weighted by Gasteiger charge is 2.39. The number of ether oxygens (including phenoxy) is 1. The first-order valence-electron chi connectivity index (χ1n) is 9.90. The third-order valence-corrected chi connectivity index (χ3v) is 4.56. The van der Waals surface area contributed by atoms with Gasteiger partial charge >= 0.3 is 13.2 Å². The molecule has 1 aliphatic heterocycles. The molecule has 1 aliphatic rings. The van der Waals surface area contributed by atoms with Crippen molar-refractivity contribution in [2.75, 3.05) is 19.4 Å². The molecule has 0 aliphatic carbocycles. The Hall–Kier alpha value is -2.95. The average Bonchev–Trinajstić information content (AvgIpc) is 2.98. The molecule has 0 atom stereocenters. The van der Waals surface area contributed by atoms with Crippen LogP contribution in [0.2, 0.25) is 0 Å². The third-order valence-electron chi connectivity index (χ3n) is 4.56. The van der Waals surface area contributed by atoms with Crippen molar-refractivity contribution in [3.8, 4) is 0 Å². The van der Waals surface area contributed by atoms with Crippen LogP contribution >= 0.6 is 0 Å². The highest BCUT2D eigenvalue weighted by atomic mass is 16.6. The van der Waals surface area contributed by atoms with E-state index in [1.54, 1.807) is 32.9 Å². The van der Waals surface area contributed by atoms with Gasteiger partial charge in [-0.15, -0.1) is 0 Å². The molecule has 3 rings (SSSR count). The molecule has 2 amide bonds. The molecule has 0 spiro atoms. The lowest BCUT2D eigenvalue weighted by Crippen LogP contribution is -2.37. The number of fused-ring (bicyclic) bond motifs is 1. The van der Waals surface area contributed by atoms with Crippen LogP contribution in [0.1, 0.15) is 42.4 Å². The van der Waals surface area contributed by atoms with E-state index in [1.807, 2.05) is 31.1 Å². The second-order valence-corrected chi connectivity index (χ2v) is 8.68. The summed E-state index contributed by atoms with van der Waals surface area (Å²) < 4.78 is 5.34. The second kappa shape index (κ2) is 8.66. The predicted molar refractivity (Wildman–Crippen MR) is 117 cm³/mol. The Bertz CT molecular complexity index is 1000. The number of hydrogen-bond donors (Lipinski definition) is 3. The van der Waals surface area contributed by atoms with Gasteiger partial charge in [-0.2, -0.15) is 0 Å². The van der Waals surface area contributed by atoms with E-state index in [4.69, 9.17) is 4.74 Å². The quantitative estimate of drug-likeness (QED) is 0.616. The summed E-state index contributed by atoms with van der Waals surface area (Å²) in [6, 6.07) is 8.61. The summed E-state index contributed by atoms with van der Waals surface area (Å²) in [5.41, 5.74) is 1.20. The number of nitrogens with one attached hydrogen (secondary N) is 1. The number of rotatable bonds is 5. The summed E-state index contributed by atoms with van der Waals surface area (Å²) >= 11 is 0. The lowest BCUT2D eigenvalue weighted by Gasteiger charge is -2.23. The summed E-state index contributed by atoms with van der Waals surface area (Å²) in [4.78, 5) is 33.2. The van der Waals surface area contributed by atoms with Gasteiger partial charge in [0.05, 0.1) is 23.5 Å². The molecule has 1 aromatic heterocycles. The van der Waals surface area contributed by atoms with Gasteiger partial charge in [0.1, 0.15) is 11.4 Å². The van der Waals surface area contributed by atoms with Crippen LogP contribution in [0.4, 0.5) is 16.3 Å². The molecule has 0 unspecified atom stereocenters. The van der Waals surface area contributed by atoms with Crippen LogP contribution in [-0.2, 0) is 17.8 Å². The first kappa shape index (κ1) is 22.7. The number of benzene rings is 1. The molecule has 0 bridgehead atoms. The van der Waals surface area contributed by atoms with Crippen molar-refractivity contribution in [1.29, 1.82) is 0 Å². The van der Waals surface area contributed by atoms with E-state index < -0.39 is 24.7 Å². The lowest BCUT2D eigenvalue weighted by molar-refractivity contribution is 0.0248. The van der Waals surface area contributed by atoms with Crippen molar-refractivity contribution in [1.82, 2.24) is 14.8 Å². The van der Waals surface area contributed by atoms with E-state index >= 15 is 0 Å². The lowest BCUT2D eigenvalue weighted by atomic mass is 9.76. The van der Waals surface area contributed by atoms with Crippen LogP contribution in [0.25, 0.3) is 0 Å². The van der Waals surface area contributed by atoms with E-state index in [-0.39, 0.29) is 17.6 Å². The Balaban J connectivity index is 1.97. The number of carbonyl (C=O) groups is 2. The van der Waals surface area contributed by atoms with E-state index in [1.165, 1.54) is 6.07 Å². The fourth-order valence-electron chi connectivity index (χ4n) is 3.35. The van der Waals surface area contributed by atoms with Gasteiger partial charge in [0.25, 0.3) is 5.91 Å². The molecule has 2 heterocycles. The molecule has 9 nitrogen and oxygen atoms in total. The molecule has 164 valence electrons. The van der Waals surface area contributed by atoms with E-state index in [0.29, 0.717) is 23.6 Å². The van der Waals surface area contributed by atoms with Crippen molar-refractivity contribution in [3.63, 3.8) is 0 Å². The number of carbonyl (C=O) groups excluding carboxylic acids is 2. The molecule has 31 heavy (non-hydrogen) atoms. The largest absolute Gasteiger partial charge is 0.488 e. The van der Waals surface area contributed by atoms with Crippen LogP contribution < -0.4 is 10.8 Å². The minimum atomic E-state index is -1.78. The number of aromatic nitrogens is 1. The molecule has 0 radical (unpaired) electrons. The number of amides is 2. The molecule has 3 N–H and O–H groups in total. The minimum Gasteiger partial charge on any atom is -0.443 e. The number of hydrogen-bond acceptors (Lipinski definition) is 8. The molecule has 10 heteroatoms. The normalized spacial score (nSPS) is 13.4. The molecule has 0 saturated carbocycles. The van der Waals surface area contributed by atoms with Gasteiger partial charge in [-0.25, -0.2) is 14.7 Å². The topological polar surface area (TPSA) is 115 Å². The highest BCUT2D eigenvalue weighted by molar-refractivity contribution is 6.59. The maximum Gasteiger partial charge on any atom is 0.488 e. The fraction of sp³-hybridized carbons (Fsp3) is 0.381. The van der Waals surface area contributed by atoms with E-state index in [9.17, 15) is 19.6 Å². The van der Waals surface area contributed by atoms with Crippen LogP contribution in [0.5, 0.6) is 0 Å². The SMILES string of the molecule is CN(C)Cc1cccc(Nc2ccc(B(O)O)c3c2C(=O)N(C(=O)OC(C)(C)C)C3)n1. The van der Waals surface area contributed by atoms with Crippen molar-refractivity contribution >= 4 is 36.1 Å². The Morgan fingerprint density at radius 3 is 2.58 bits per heavy atom. The Morgan fingerprint density at radius 1 is 1.26 bits per heavy atom. The smallest absolute Gasteiger partial charge is 0.443 e. The Morgan fingerprint density at radius 2 is 1.97 bits per heavy atom. The average molecular weight is 426 g/mol. The van der Waals surface area contributed by atoms with Crippen LogP contribution in [-0.4, -0.2) is 63.6 Å². The van der Waals surface area contributed by atoms with Crippen LogP contribution in [0.15, 0.2) is 30.3 Å². The van der Waals surface area contributed by atoms with Crippen molar-refractivity contribution in [2.45, 2.75) is 39.5 Å². The molecular weight excluding hydrogens is 399 g/mol. The van der Waals surface area contributed by atoms with Crippen LogP contribution in [0, 0.1) is 0 Å². The van der Waals surface area contributed by atoms with Gasteiger partial charge < -0.3 is 25.0 Å². The predicted octanol–water partition coefficient (Wildman–Crippen LogP) is 1.46. The van der Waals surface area contributed by atoms with Gasteiger partial charge in [0.2, 0.25) is 0 Å². The summed E-state index contributed by atoms with van der Waals surface area (Å²) in [5, 5.41) is 22.6. The number of nitrogens with zero attached hydrogens (tertiary/aromatic N) is 3. The molecule has 2 aromatic rings. The number of imide groups is 1. The maximum atomic E-state index is 13.1. The molecular formula is C21H27BN4O5. The Kier molecular flexibility index (Phi) is 6.35. The van der Waals surface area contributed by atoms with E-state index in [0.717, 1.165) is 10.6 Å². The van der Waals surface area contributed by atoms with Gasteiger partial charge in [-0.05, 0) is 64.1 Å². The zero-order valence-corrected chi connectivity index (χ0v) is 18.3. The monoisotopic (exact) mass is 426 g/mol. The fourth-order valence-corrected chi connectivity index (χ4v) is 3.35. The minimum absolute atomic E-state index is 0.111. The second-order valence-electron chi connectivity index (χ2n) is 8.68. The van der Waals surface area contributed by atoms with Gasteiger partial charge in [-0.3, -0.25) is 4.79 Å². The molecule has 1 aromatic carbocycles. The Labute approximate surface area is 181 Å². The van der Waals surface area contributed by atoms with Crippen molar-refractivity contribution in [2.24, 2.45) is 0 Å². The molecule has 0 saturated heterocycles. The zero-order valence-electron chi connectivity index (χ0n) is 18.3. The van der Waals surface area contributed by atoms with Crippen LogP contribution in [0.3, 0.4) is 0 Å². The van der Waals surface area contributed by atoms with E-state index in [2.05, 4.69) is 10.3 Å². The maximum absolute atomic E-state index is 13.1. The summed E-state index contributed by atoms with van der Waals surface area (Å²) in [6.45, 7) is 5.66. The number of anilines is 2. The molecule has 0 fully saturated rings. The number of pyridine rings is 1. The van der Waals surface area contributed by atoms with Gasteiger partial charge in [0, 0.05) is 6.54 Å². The zero-order chi connectivity index (χ0) is 22.9. The first-order valence-corrected chi connectivity index (χ1v) is 9.90.